The van der Waals surface area contributed by atoms with Crippen molar-refractivity contribution < 1.29 is 14.5 Å². The summed E-state index contributed by atoms with van der Waals surface area (Å²) in [6.45, 7) is -0.301. The smallest absolute Gasteiger partial charge is 0.271 e. The Kier molecular flexibility index (Phi) is 5.35. The van der Waals surface area contributed by atoms with E-state index in [1.165, 1.54) is 29.4 Å². The molecule has 0 aliphatic rings. The Morgan fingerprint density at radius 3 is 2.66 bits per heavy atom. The van der Waals surface area contributed by atoms with Crippen LogP contribution in [-0.2, 0) is 11.3 Å². The number of rotatable bonds is 5. The number of non-ortho nitro benzene ring substituents is 1. The number of nitrogens with one attached hydrogen (secondary N) is 1. The van der Waals surface area contributed by atoms with Gasteiger partial charge in [0.1, 0.15) is 6.54 Å². The number of hydrogen-bond donors (Lipinski definition) is 1. The summed E-state index contributed by atoms with van der Waals surface area (Å²) in [5.41, 5.74) is 0.346. The van der Waals surface area contributed by atoms with Gasteiger partial charge in [0, 0.05) is 37.5 Å². The Morgan fingerprint density at radius 2 is 1.97 bits per heavy atom. The summed E-state index contributed by atoms with van der Waals surface area (Å²) in [7, 11) is 3.25. The molecule has 0 atom stereocenters. The van der Waals surface area contributed by atoms with Gasteiger partial charge in [-0.15, -0.1) is 0 Å². The van der Waals surface area contributed by atoms with Gasteiger partial charge in [-0.2, -0.15) is 0 Å². The zero-order valence-corrected chi connectivity index (χ0v) is 15.7. The van der Waals surface area contributed by atoms with E-state index in [4.69, 9.17) is 0 Å². The maximum Gasteiger partial charge on any atom is 0.271 e. The predicted molar refractivity (Wildman–Crippen MR) is 106 cm³/mol. The van der Waals surface area contributed by atoms with E-state index >= 15 is 0 Å². The number of anilines is 1. The topological polar surface area (TPSA) is 127 Å². The van der Waals surface area contributed by atoms with Gasteiger partial charge in [-0.1, -0.05) is 6.07 Å². The van der Waals surface area contributed by atoms with Crippen LogP contribution < -0.4 is 10.9 Å². The lowest BCUT2D eigenvalue weighted by molar-refractivity contribution is -0.384. The van der Waals surface area contributed by atoms with Gasteiger partial charge in [0.2, 0.25) is 5.91 Å². The van der Waals surface area contributed by atoms with E-state index in [1.807, 2.05) is 0 Å². The molecule has 0 saturated heterocycles. The molecule has 0 aliphatic heterocycles. The highest BCUT2D eigenvalue weighted by Crippen LogP contribution is 2.16. The van der Waals surface area contributed by atoms with Crippen LogP contribution in [0.2, 0.25) is 0 Å². The molecule has 0 aliphatic carbocycles. The fourth-order valence-electron chi connectivity index (χ4n) is 2.72. The fraction of sp³-hybridized carbons (Fsp3) is 0.158. The molecule has 10 heteroatoms. The number of carbonyl (C=O) groups is 2. The first-order valence-corrected chi connectivity index (χ1v) is 8.51. The molecule has 2 amide bonds. The number of nitro groups is 1. The van der Waals surface area contributed by atoms with Gasteiger partial charge in [-0.05, 0) is 24.3 Å². The lowest BCUT2D eigenvalue weighted by atomic mass is 10.2. The summed E-state index contributed by atoms with van der Waals surface area (Å²) in [6.07, 6.45) is 1.17. The zero-order valence-electron chi connectivity index (χ0n) is 15.7. The number of amides is 2. The lowest BCUT2D eigenvalue weighted by Crippen LogP contribution is -2.28. The number of hydrogen-bond acceptors (Lipinski definition) is 6. The first-order chi connectivity index (χ1) is 13.8. The van der Waals surface area contributed by atoms with Crippen molar-refractivity contribution in [3.63, 3.8) is 0 Å². The normalized spacial score (nSPS) is 10.6. The second-order valence-corrected chi connectivity index (χ2v) is 6.46. The van der Waals surface area contributed by atoms with E-state index in [-0.39, 0.29) is 29.0 Å². The van der Waals surface area contributed by atoms with Crippen molar-refractivity contribution in [1.29, 1.82) is 0 Å². The maximum atomic E-state index is 12.5. The molecule has 29 heavy (non-hydrogen) atoms. The van der Waals surface area contributed by atoms with Crippen LogP contribution in [0.25, 0.3) is 10.9 Å². The maximum absolute atomic E-state index is 12.5. The van der Waals surface area contributed by atoms with Gasteiger partial charge < -0.3 is 10.2 Å². The van der Waals surface area contributed by atoms with Gasteiger partial charge >= 0.3 is 0 Å². The van der Waals surface area contributed by atoms with Crippen molar-refractivity contribution in [1.82, 2.24) is 14.5 Å². The Hall–Kier alpha value is -4.08. The van der Waals surface area contributed by atoms with Gasteiger partial charge in [0.15, 0.2) is 0 Å². The SMILES string of the molecule is CN(C)C(=O)c1cccc(NC(=O)Cn2cnc3cc([N+](=O)[O-])ccc3c2=O)c1. The molecule has 3 aromatic rings. The molecule has 0 fully saturated rings. The highest BCUT2D eigenvalue weighted by Gasteiger charge is 2.13. The minimum absolute atomic E-state index is 0.171. The molecule has 0 bridgehead atoms. The highest BCUT2D eigenvalue weighted by molar-refractivity contribution is 5.97. The first kappa shape index (κ1) is 19.7. The van der Waals surface area contributed by atoms with Crippen LogP contribution in [0, 0.1) is 10.1 Å². The number of aromatic nitrogens is 2. The first-order valence-electron chi connectivity index (χ1n) is 8.51. The van der Waals surface area contributed by atoms with E-state index in [0.717, 1.165) is 4.57 Å². The van der Waals surface area contributed by atoms with E-state index in [2.05, 4.69) is 10.3 Å². The second-order valence-electron chi connectivity index (χ2n) is 6.46. The minimum atomic E-state index is -0.574. The molecular formula is C19H17N5O5. The van der Waals surface area contributed by atoms with Crippen molar-refractivity contribution >= 4 is 34.1 Å². The molecule has 148 valence electrons. The average molecular weight is 395 g/mol. The summed E-state index contributed by atoms with van der Waals surface area (Å²) in [4.78, 5) is 52.6. The summed E-state index contributed by atoms with van der Waals surface area (Å²) in [5, 5.41) is 13.6. The molecule has 3 rings (SSSR count). The third-order valence-electron chi connectivity index (χ3n) is 4.13. The van der Waals surface area contributed by atoms with Crippen molar-refractivity contribution in [2.24, 2.45) is 0 Å². The number of benzene rings is 2. The lowest BCUT2D eigenvalue weighted by Gasteiger charge is -2.12. The third-order valence-corrected chi connectivity index (χ3v) is 4.13. The Morgan fingerprint density at radius 1 is 1.21 bits per heavy atom. The van der Waals surface area contributed by atoms with Gasteiger partial charge in [-0.3, -0.25) is 29.1 Å². The van der Waals surface area contributed by atoms with Crippen LogP contribution in [0.1, 0.15) is 10.4 Å². The molecule has 1 aromatic heterocycles. The van der Waals surface area contributed by atoms with E-state index < -0.39 is 16.4 Å². The average Bonchev–Trinajstić information content (AvgIpc) is 2.69. The molecule has 1 heterocycles. The number of carbonyl (C=O) groups excluding carboxylic acids is 2. The van der Waals surface area contributed by atoms with Crippen LogP contribution in [0.15, 0.2) is 53.6 Å². The van der Waals surface area contributed by atoms with Crippen LogP contribution in [0.4, 0.5) is 11.4 Å². The molecule has 0 saturated carbocycles. The van der Waals surface area contributed by atoms with Crippen LogP contribution in [0.5, 0.6) is 0 Å². The van der Waals surface area contributed by atoms with E-state index in [1.54, 1.807) is 38.4 Å². The molecule has 2 aromatic carbocycles. The Balaban J connectivity index is 1.80. The fourth-order valence-corrected chi connectivity index (χ4v) is 2.72. The summed E-state index contributed by atoms with van der Waals surface area (Å²) in [6, 6.07) is 10.2. The van der Waals surface area contributed by atoms with Gasteiger partial charge in [0.25, 0.3) is 17.2 Å². The van der Waals surface area contributed by atoms with Crippen molar-refractivity contribution in [3.8, 4) is 0 Å². The quantitative estimate of drug-likeness (QED) is 0.517. The van der Waals surface area contributed by atoms with E-state index in [0.29, 0.717) is 11.3 Å². The van der Waals surface area contributed by atoms with Crippen LogP contribution >= 0.6 is 0 Å². The summed E-state index contributed by atoms with van der Waals surface area (Å²) >= 11 is 0. The molecule has 0 radical (unpaired) electrons. The number of nitro benzene ring substituents is 1. The van der Waals surface area contributed by atoms with Crippen LogP contribution in [-0.4, -0.2) is 45.3 Å². The number of fused-ring (bicyclic) bond motifs is 1. The van der Waals surface area contributed by atoms with Crippen LogP contribution in [0.3, 0.4) is 0 Å². The predicted octanol–water partition coefficient (Wildman–Crippen LogP) is 1.65. The van der Waals surface area contributed by atoms with Gasteiger partial charge in [0.05, 0.1) is 22.2 Å². The van der Waals surface area contributed by atoms with Gasteiger partial charge in [-0.25, -0.2) is 4.98 Å². The summed E-state index contributed by atoms with van der Waals surface area (Å²) < 4.78 is 1.11. The van der Waals surface area contributed by atoms with Crippen molar-refractivity contribution in [2.75, 3.05) is 19.4 Å². The highest BCUT2D eigenvalue weighted by atomic mass is 16.6. The van der Waals surface area contributed by atoms with E-state index in [9.17, 15) is 24.5 Å². The second kappa shape index (κ2) is 7.89. The monoisotopic (exact) mass is 395 g/mol. The Labute approximate surface area is 164 Å². The number of nitrogens with zero attached hydrogens (tertiary/aromatic N) is 4. The summed E-state index contributed by atoms with van der Waals surface area (Å²) in [5.74, 6) is -0.685. The zero-order chi connectivity index (χ0) is 21.1. The van der Waals surface area contributed by atoms with Crippen molar-refractivity contribution in [2.45, 2.75) is 6.54 Å². The molecular weight excluding hydrogens is 378 g/mol. The Bertz CT molecular complexity index is 1190. The molecule has 0 unspecified atom stereocenters. The molecule has 0 spiro atoms. The molecule has 1 N–H and O–H groups in total. The molecule has 10 nitrogen and oxygen atoms in total. The van der Waals surface area contributed by atoms with Crippen molar-refractivity contribution in [3.05, 3.63) is 74.8 Å². The third kappa shape index (κ3) is 4.26. The standard InChI is InChI=1S/C19H17N5O5/c1-22(2)18(26)12-4-3-5-13(8-12)21-17(25)10-23-11-20-16-9-14(24(28)29)6-7-15(16)19(23)27/h3-9,11H,10H2,1-2H3,(H,21,25). The minimum Gasteiger partial charge on any atom is -0.345 e. The largest absolute Gasteiger partial charge is 0.345 e.